The van der Waals surface area contributed by atoms with Crippen molar-refractivity contribution in [1.29, 1.82) is 0 Å². The van der Waals surface area contributed by atoms with Crippen LogP contribution in [0, 0.1) is 5.92 Å². The predicted octanol–water partition coefficient (Wildman–Crippen LogP) is 1.81. The van der Waals surface area contributed by atoms with Gasteiger partial charge in [0.1, 0.15) is 6.61 Å². The van der Waals surface area contributed by atoms with Crippen LogP contribution in [-0.4, -0.2) is 18.0 Å². The minimum absolute atomic E-state index is 0.00734. The number of ether oxygens (including phenoxy) is 1. The van der Waals surface area contributed by atoms with Crippen LogP contribution in [0.3, 0.4) is 0 Å². The molecule has 0 saturated carbocycles. The van der Waals surface area contributed by atoms with Crippen molar-refractivity contribution < 1.29 is 4.74 Å². The lowest BCUT2D eigenvalue weighted by molar-refractivity contribution is 0.276. The van der Waals surface area contributed by atoms with Crippen LogP contribution in [0.1, 0.15) is 27.7 Å². The summed E-state index contributed by atoms with van der Waals surface area (Å²) in [5.74, 6) is 1.98. The molecule has 0 amide bonds. The quantitative estimate of drug-likeness (QED) is 0.544. The van der Waals surface area contributed by atoms with Gasteiger partial charge < -0.3 is 4.74 Å². The zero-order valence-electron chi connectivity index (χ0n) is 7.06. The maximum absolute atomic E-state index is 5.34. The Balaban J connectivity index is 2.66. The molecule has 2 heteroatoms. The molecule has 1 aliphatic rings. The Morgan fingerprint density at radius 3 is 2.30 bits per heavy atom. The number of hydrogen-bond donors (Lipinski definition) is 0. The standard InChI is InChI=1S/C8H14NO/c1-6(2)7-9-8(3,4)5-10-7/h5H2,1-4H3. The maximum atomic E-state index is 5.34. The Morgan fingerprint density at radius 2 is 2.10 bits per heavy atom. The summed E-state index contributed by atoms with van der Waals surface area (Å²) in [4.78, 5) is 4.38. The molecule has 0 fully saturated rings. The summed E-state index contributed by atoms with van der Waals surface area (Å²) in [6, 6.07) is 0. The third kappa shape index (κ3) is 1.49. The van der Waals surface area contributed by atoms with Gasteiger partial charge in [-0.05, 0) is 13.8 Å². The third-order valence-electron chi connectivity index (χ3n) is 1.39. The van der Waals surface area contributed by atoms with Gasteiger partial charge in [0, 0.05) is 0 Å². The monoisotopic (exact) mass is 140 g/mol. The van der Waals surface area contributed by atoms with Gasteiger partial charge in [-0.25, -0.2) is 4.99 Å². The second-order valence-corrected chi connectivity index (χ2v) is 3.52. The van der Waals surface area contributed by atoms with Crippen LogP contribution in [0.5, 0.6) is 0 Å². The average molecular weight is 140 g/mol. The van der Waals surface area contributed by atoms with Gasteiger partial charge in [-0.3, -0.25) is 0 Å². The van der Waals surface area contributed by atoms with E-state index in [-0.39, 0.29) is 5.54 Å². The molecule has 0 spiro atoms. The van der Waals surface area contributed by atoms with Crippen molar-refractivity contribution >= 4 is 5.90 Å². The SMILES string of the molecule is C[C](C)C1=NC(C)(C)CO1. The first-order chi connectivity index (χ1) is 4.51. The number of nitrogens with zero attached hydrogens (tertiary/aromatic N) is 1. The van der Waals surface area contributed by atoms with Gasteiger partial charge in [0.25, 0.3) is 0 Å². The van der Waals surface area contributed by atoms with Gasteiger partial charge in [0.15, 0.2) is 5.90 Å². The second-order valence-electron chi connectivity index (χ2n) is 3.52. The Hall–Kier alpha value is -0.530. The molecule has 1 rings (SSSR count). The van der Waals surface area contributed by atoms with E-state index in [9.17, 15) is 0 Å². The molecular formula is C8H14NO. The van der Waals surface area contributed by atoms with E-state index in [0.29, 0.717) is 6.61 Å². The molecule has 1 heterocycles. The largest absolute Gasteiger partial charge is 0.478 e. The Bertz CT molecular complexity index is 159. The summed E-state index contributed by atoms with van der Waals surface area (Å²) in [6.45, 7) is 8.89. The lowest BCUT2D eigenvalue weighted by atomic mass is 10.1. The molecular weight excluding hydrogens is 126 g/mol. The fourth-order valence-corrected chi connectivity index (χ4v) is 0.841. The third-order valence-corrected chi connectivity index (χ3v) is 1.39. The maximum Gasteiger partial charge on any atom is 0.190 e. The first-order valence-corrected chi connectivity index (χ1v) is 3.54. The van der Waals surface area contributed by atoms with Gasteiger partial charge in [0.2, 0.25) is 0 Å². The second kappa shape index (κ2) is 2.26. The van der Waals surface area contributed by atoms with E-state index in [1.807, 2.05) is 13.8 Å². The Morgan fingerprint density at radius 1 is 1.50 bits per heavy atom. The van der Waals surface area contributed by atoms with E-state index in [1.54, 1.807) is 0 Å². The van der Waals surface area contributed by atoms with E-state index in [4.69, 9.17) is 4.74 Å². The molecule has 0 aliphatic carbocycles. The van der Waals surface area contributed by atoms with Crippen molar-refractivity contribution in [3.8, 4) is 0 Å². The molecule has 10 heavy (non-hydrogen) atoms. The van der Waals surface area contributed by atoms with Crippen LogP contribution in [-0.2, 0) is 4.74 Å². The van der Waals surface area contributed by atoms with Crippen LogP contribution < -0.4 is 0 Å². The molecule has 0 aromatic rings. The van der Waals surface area contributed by atoms with Crippen LogP contribution in [0.15, 0.2) is 4.99 Å². The van der Waals surface area contributed by atoms with E-state index >= 15 is 0 Å². The molecule has 1 aliphatic heterocycles. The van der Waals surface area contributed by atoms with E-state index < -0.39 is 0 Å². The molecule has 0 unspecified atom stereocenters. The summed E-state index contributed by atoms with van der Waals surface area (Å²) >= 11 is 0. The predicted molar refractivity (Wildman–Crippen MR) is 42.1 cm³/mol. The van der Waals surface area contributed by atoms with Gasteiger partial charge >= 0.3 is 0 Å². The highest BCUT2D eigenvalue weighted by molar-refractivity contribution is 5.90. The number of rotatable bonds is 1. The average Bonchev–Trinajstić information content (AvgIpc) is 2.10. The van der Waals surface area contributed by atoms with E-state index in [0.717, 1.165) is 11.8 Å². The normalized spacial score (nSPS) is 22.7. The van der Waals surface area contributed by atoms with Crippen molar-refractivity contribution in [3.05, 3.63) is 5.92 Å². The molecule has 57 valence electrons. The molecule has 0 aromatic heterocycles. The summed E-state index contributed by atoms with van der Waals surface area (Å²) in [7, 11) is 0. The van der Waals surface area contributed by atoms with Crippen molar-refractivity contribution in [2.24, 2.45) is 4.99 Å². The molecule has 0 bridgehead atoms. The minimum atomic E-state index is -0.00734. The van der Waals surface area contributed by atoms with Crippen LogP contribution in [0.4, 0.5) is 0 Å². The highest BCUT2D eigenvalue weighted by Gasteiger charge is 2.27. The van der Waals surface area contributed by atoms with Gasteiger partial charge in [-0.2, -0.15) is 0 Å². The van der Waals surface area contributed by atoms with Crippen LogP contribution in [0.25, 0.3) is 0 Å². The minimum Gasteiger partial charge on any atom is -0.478 e. The Kier molecular flexibility index (Phi) is 1.71. The van der Waals surface area contributed by atoms with Crippen molar-refractivity contribution in [1.82, 2.24) is 0 Å². The summed E-state index contributed by atoms with van der Waals surface area (Å²) < 4.78 is 5.34. The molecule has 0 saturated heterocycles. The van der Waals surface area contributed by atoms with Gasteiger partial charge in [-0.15, -0.1) is 0 Å². The molecule has 0 aromatic carbocycles. The van der Waals surface area contributed by atoms with E-state index in [1.165, 1.54) is 0 Å². The topological polar surface area (TPSA) is 21.6 Å². The number of aliphatic imine (C=N–C) groups is 1. The lowest BCUT2D eigenvalue weighted by Gasteiger charge is -2.07. The number of hydrogen-bond acceptors (Lipinski definition) is 2. The van der Waals surface area contributed by atoms with E-state index in [2.05, 4.69) is 18.8 Å². The Labute approximate surface area is 62.3 Å². The first-order valence-electron chi connectivity index (χ1n) is 3.54. The van der Waals surface area contributed by atoms with Crippen molar-refractivity contribution in [3.63, 3.8) is 0 Å². The zero-order chi connectivity index (χ0) is 7.78. The summed E-state index contributed by atoms with van der Waals surface area (Å²) in [5, 5.41) is 0. The van der Waals surface area contributed by atoms with Crippen LogP contribution in [0.2, 0.25) is 0 Å². The highest BCUT2D eigenvalue weighted by Crippen LogP contribution is 2.20. The fraction of sp³-hybridized carbons (Fsp3) is 0.750. The molecule has 2 nitrogen and oxygen atoms in total. The van der Waals surface area contributed by atoms with Crippen LogP contribution >= 0.6 is 0 Å². The molecule has 1 radical (unpaired) electrons. The van der Waals surface area contributed by atoms with Crippen molar-refractivity contribution in [2.45, 2.75) is 33.2 Å². The van der Waals surface area contributed by atoms with Gasteiger partial charge in [-0.1, -0.05) is 13.8 Å². The smallest absolute Gasteiger partial charge is 0.190 e. The summed E-state index contributed by atoms with van der Waals surface area (Å²) in [5.41, 5.74) is -0.00734. The van der Waals surface area contributed by atoms with Gasteiger partial charge in [0.05, 0.1) is 11.5 Å². The molecule has 0 atom stereocenters. The summed E-state index contributed by atoms with van der Waals surface area (Å²) in [6.07, 6.45) is 0. The first kappa shape index (κ1) is 7.58. The fourth-order valence-electron chi connectivity index (χ4n) is 0.841. The molecule has 0 N–H and O–H groups in total. The zero-order valence-corrected chi connectivity index (χ0v) is 7.06. The lowest BCUT2D eigenvalue weighted by Crippen LogP contribution is -2.17. The highest BCUT2D eigenvalue weighted by atomic mass is 16.5. The van der Waals surface area contributed by atoms with Crippen molar-refractivity contribution in [2.75, 3.05) is 6.61 Å².